The van der Waals surface area contributed by atoms with E-state index >= 15 is 0 Å². The fraction of sp³-hybridized carbons (Fsp3) is 0.250. The summed E-state index contributed by atoms with van der Waals surface area (Å²) in [4.78, 5) is 21.5. The molecule has 1 N–H and O–H groups in total. The Kier molecular flexibility index (Phi) is 6.74. The molecule has 21 heavy (non-hydrogen) atoms. The van der Waals surface area contributed by atoms with Crippen LogP contribution in [-0.2, 0) is 14.3 Å². The minimum Gasteiger partial charge on any atom is -0.493 e. The minimum atomic E-state index is -0.920. The van der Waals surface area contributed by atoms with Crippen LogP contribution in [-0.4, -0.2) is 30.8 Å². The number of methoxy groups -OCH3 is 1. The molecule has 0 spiro atoms. The number of ether oxygens (including phenoxy) is 2. The summed E-state index contributed by atoms with van der Waals surface area (Å²) in [6, 6.07) is 7.19. The molecule has 0 atom stereocenters. The van der Waals surface area contributed by atoms with E-state index in [4.69, 9.17) is 9.84 Å². The number of carboxylic acids is 1. The summed E-state index contributed by atoms with van der Waals surface area (Å²) in [6.07, 6.45) is 5.14. The Morgan fingerprint density at radius 1 is 1.24 bits per heavy atom. The third kappa shape index (κ3) is 6.42. The molecule has 0 unspecified atom stereocenters. The van der Waals surface area contributed by atoms with Crippen LogP contribution in [0.15, 0.2) is 42.0 Å². The Hall–Kier alpha value is -2.56. The van der Waals surface area contributed by atoms with E-state index in [1.54, 1.807) is 31.2 Å². The number of hydrogen-bond donors (Lipinski definition) is 1. The lowest BCUT2D eigenvalue weighted by Crippen LogP contribution is -1.99. The predicted octanol–water partition coefficient (Wildman–Crippen LogP) is 2.67. The molecule has 0 bridgehead atoms. The van der Waals surface area contributed by atoms with Crippen molar-refractivity contribution in [3.8, 4) is 5.75 Å². The Morgan fingerprint density at radius 3 is 2.48 bits per heavy atom. The zero-order valence-corrected chi connectivity index (χ0v) is 12.0. The first kappa shape index (κ1) is 16.5. The fourth-order valence-corrected chi connectivity index (χ4v) is 1.45. The van der Waals surface area contributed by atoms with E-state index in [9.17, 15) is 9.59 Å². The van der Waals surface area contributed by atoms with Crippen molar-refractivity contribution in [2.24, 2.45) is 0 Å². The van der Waals surface area contributed by atoms with Crippen molar-refractivity contribution in [2.75, 3.05) is 13.7 Å². The number of benzene rings is 1. The average Bonchev–Trinajstić information content (AvgIpc) is 2.49. The van der Waals surface area contributed by atoms with Crippen LogP contribution in [0.1, 0.15) is 18.9 Å². The first-order valence-electron chi connectivity index (χ1n) is 6.42. The van der Waals surface area contributed by atoms with Crippen LogP contribution in [0.5, 0.6) is 5.75 Å². The fourth-order valence-electron chi connectivity index (χ4n) is 1.45. The van der Waals surface area contributed by atoms with Crippen molar-refractivity contribution in [3.63, 3.8) is 0 Å². The third-order valence-corrected chi connectivity index (χ3v) is 2.67. The molecule has 0 heterocycles. The van der Waals surface area contributed by atoms with Crippen LogP contribution in [0, 0.1) is 0 Å². The van der Waals surface area contributed by atoms with E-state index in [0.29, 0.717) is 24.4 Å². The van der Waals surface area contributed by atoms with E-state index < -0.39 is 11.9 Å². The molecule has 0 amide bonds. The molecule has 1 aromatic carbocycles. The van der Waals surface area contributed by atoms with Crippen molar-refractivity contribution < 1.29 is 24.2 Å². The molecule has 1 aromatic rings. The summed E-state index contributed by atoms with van der Waals surface area (Å²) in [6.45, 7) is 1.95. The van der Waals surface area contributed by atoms with Crippen molar-refractivity contribution in [3.05, 3.63) is 47.6 Å². The van der Waals surface area contributed by atoms with E-state index in [1.807, 2.05) is 12.1 Å². The maximum Gasteiger partial charge on any atom is 0.330 e. The van der Waals surface area contributed by atoms with Gasteiger partial charge in [0.25, 0.3) is 0 Å². The second-order valence-corrected chi connectivity index (χ2v) is 4.25. The highest BCUT2D eigenvalue weighted by molar-refractivity contribution is 5.87. The quantitative estimate of drug-likeness (QED) is 0.475. The van der Waals surface area contributed by atoms with Gasteiger partial charge in [-0.15, -0.1) is 0 Å². The standard InChI is InChI=1S/C16H18O5/c1-12(16(18)19)4-3-11-21-14-8-5-13(6-9-14)7-10-15(17)20-2/h4-10H,3,11H2,1-2H3,(H,18,19). The maximum absolute atomic E-state index is 10.9. The molecule has 0 saturated carbocycles. The highest BCUT2D eigenvalue weighted by Crippen LogP contribution is 2.13. The number of carbonyl (C=O) groups excluding carboxylic acids is 1. The SMILES string of the molecule is COC(=O)C=Cc1ccc(OCCC=C(C)C(=O)O)cc1. The third-order valence-electron chi connectivity index (χ3n) is 2.67. The molecule has 112 valence electrons. The highest BCUT2D eigenvalue weighted by Gasteiger charge is 1.99. The molecular weight excluding hydrogens is 272 g/mol. The van der Waals surface area contributed by atoms with Gasteiger partial charge < -0.3 is 14.6 Å². The molecule has 5 heteroatoms. The van der Waals surface area contributed by atoms with Crippen LogP contribution in [0.25, 0.3) is 6.08 Å². The number of rotatable bonds is 7. The maximum atomic E-state index is 10.9. The molecule has 0 fully saturated rings. The number of aliphatic carboxylic acids is 1. The summed E-state index contributed by atoms with van der Waals surface area (Å²) >= 11 is 0. The Morgan fingerprint density at radius 2 is 1.90 bits per heavy atom. The van der Waals surface area contributed by atoms with Gasteiger partial charge in [-0.2, -0.15) is 0 Å². The Balaban J connectivity index is 2.45. The summed E-state index contributed by atoms with van der Waals surface area (Å²) in [5.41, 5.74) is 1.16. The number of carbonyl (C=O) groups is 2. The normalized spacial score (nSPS) is 11.4. The van der Waals surface area contributed by atoms with Gasteiger partial charge in [-0.3, -0.25) is 0 Å². The van der Waals surface area contributed by atoms with Gasteiger partial charge in [0.05, 0.1) is 13.7 Å². The van der Waals surface area contributed by atoms with E-state index in [2.05, 4.69) is 4.74 Å². The number of esters is 1. The minimum absolute atomic E-state index is 0.307. The van der Waals surface area contributed by atoms with Crippen molar-refractivity contribution >= 4 is 18.0 Å². The molecule has 1 rings (SSSR count). The smallest absolute Gasteiger partial charge is 0.330 e. The lowest BCUT2D eigenvalue weighted by Gasteiger charge is -2.04. The lowest BCUT2D eigenvalue weighted by atomic mass is 10.2. The molecule has 0 aliphatic carbocycles. The average molecular weight is 290 g/mol. The molecule has 0 aliphatic rings. The van der Waals surface area contributed by atoms with Crippen LogP contribution in [0.4, 0.5) is 0 Å². The highest BCUT2D eigenvalue weighted by atomic mass is 16.5. The molecule has 5 nitrogen and oxygen atoms in total. The largest absolute Gasteiger partial charge is 0.493 e. The van der Waals surface area contributed by atoms with E-state index in [0.717, 1.165) is 5.56 Å². The van der Waals surface area contributed by atoms with Crippen LogP contribution in [0.3, 0.4) is 0 Å². The van der Waals surface area contributed by atoms with Gasteiger partial charge in [-0.25, -0.2) is 9.59 Å². The second kappa shape index (κ2) is 8.58. The van der Waals surface area contributed by atoms with Crippen LogP contribution >= 0.6 is 0 Å². The van der Waals surface area contributed by atoms with Gasteiger partial charge in [0.15, 0.2) is 0 Å². The molecular formula is C16H18O5. The molecule has 0 aliphatic heterocycles. The number of carboxylic acid groups (broad SMARTS) is 1. The van der Waals surface area contributed by atoms with Gasteiger partial charge in [-0.1, -0.05) is 18.2 Å². The van der Waals surface area contributed by atoms with Gasteiger partial charge in [-0.05, 0) is 30.7 Å². The molecule has 0 saturated heterocycles. The van der Waals surface area contributed by atoms with Gasteiger partial charge in [0, 0.05) is 18.1 Å². The summed E-state index contributed by atoms with van der Waals surface area (Å²) < 4.78 is 9.98. The predicted molar refractivity (Wildman–Crippen MR) is 79.0 cm³/mol. The zero-order chi connectivity index (χ0) is 15.7. The molecule has 0 aromatic heterocycles. The first-order chi connectivity index (χ1) is 10.0. The monoisotopic (exact) mass is 290 g/mol. The topological polar surface area (TPSA) is 72.8 Å². The van der Waals surface area contributed by atoms with E-state index in [-0.39, 0.29) is 0 Å². The zero-order valence-electron chi connectivity index (χ0n) is 12.0. The summed E-state index contributed by atoms with van der Waals surface area (Å²) in [7, 11) is 1.32. The lowest BCUT2D eigenvalue weighted by molar-refractivity contribution is -0.135. The number of hydrogen-bond acceptors (Lipinski definition) is 4. The van der Waals surface area contributed by atoms with Crippen molar-refractivity contribution in [1.29, 1.82) is 0 Å². The van der Waals surface area contributed by atoms with Gasteiger partial charge in [0.2, 0.25) is 0 Å². The van der Waals surface area contributed by atoms with Crippen molar-refractivity contribution in [1.82, 2.24) is 0 Å². The van der Waals surface area contributed by atoms with Crippen LogP contribution < -0.4 is 4.74 Å². The second-order valence-electron chi connectivity index (χ2n) is 4.25. The Bertz CT molecular complexity index is 540. The summed E-state index contributed by atoms with van der Waals surface area (Å²) in [5, 5.41) is 8.69. The Labute approximate surface area is 123 Å². The van der Waals surface area contributed by atoms with Crippen molar-refractivity contribution in [2.45, 2.75) is 13.3 Å². The van der Waals surface area contributed by atoms with Gasteiger partial charge in [0.1, 0.15) is 5.75 Å². The molecule has 0 radical (unpaired) electrons. The van der Waals surface area contributed by atoms with Gasteiger partial charge >= 0.3 is 11.9 Å². The first-order valence-corrected chi connectivity index (χ1v) is 6.42. The summed E-state index contributed by atoms with van der Waals surface area (Å²) in [5.74, 6) is -0.640. The van der Waals surface area contributed by atoms with E-state index in [1.165, 1.54) is 13.2 Å². The van der Waals surface area contributed by atoms with Crippen LogP contribution in [0.2, 0.25) is 0 Å².